The van der Waals surface area contributed by atoms with Crippen molar-refractivity contribution in [3.05, 3.63) is 64.7 Å². The summed E-state index contributed by atoms with van der Waals surface area (Å²) in [5, 5.41) is 9.33. The molecule has 82 valence electrons. The van der Waals surface area contributed by atoms with Crippen molar-refractivity contribution in [3.8, 4) is 6.07 Å². The molecule has 0 bridgehead atoms. The summed E-state index contributed by atoms with van der Waals surface area (Å²) in [7, 11) is 0. The minimum absolute atomic E-state index is 0.538. The van der Waals surface area contributed by atoms with Crippen LogP contribution in [0, 0.1) is 11.3 Å². The monoisotopic (exact) mass is 240 g/mol. The molecule has 2 aromatic rings. The molecule has 0 saturated heterocycles. The lowest BCUT2D eigenvalue weighted by Gasteiger charge is -1.98. The molecule has 0 spiro atoms. The smallest absolute Gasteiger partial charge is 0.0992 e. The molecule has 2 aromatic carbocycles. The van der Waals surface area contributed by atoms with Crippen molar-refractivity contribution in [2.24, 2.45) is 4.99 Å². The Morgan fingerprint density at radius 3 is 2.59 bits per heavy atom. The third kappa shape index (κ3) is 2.93. The van der Waals surface area contributed by atoms with Crippen LogP contribution in [0.1, 0.15) is 11.1 Å². The molecule has 0 aromatic heterocycles. The molecule has 2 rings (SSSR count). The van der Waals surface area contributed by atoms with Crippen LogP contribution in [0.2, 0.25) is 5.02 Å². The van der Waals surface area contributed by atoms with Crippen LogP contribution in [0.5, 0.6) is 0 Å². The molecule has 0 aliphatic rings. The third-order valence-corrected chi connectivity index (χ3v) is 2.55. The fourth-order valence-corrected chi connectivity index (χ4v) is 1.53. The Balaban J connectivity index is 2.30. The molecular weight excluding hydrogens is 232 g/mol. The molecule has 0 radical (unpaired) electrons. The number of nitriles is 1. The van der Waals surface area contributed by atoms with Crippen molar-refractivity contribution in [2.75, 3.05) is 0 Å². The molecule has 17 heavy (non-hydrogen) atoms. The minimum Gasteiger partial charge on any atom is -0.255 e. The Morgan fingerprint density at radius 2 is 1.88 bits per heavy atom. The lowest BCUT2D eigenvalue weighted by Crippen LogP contribution is -1.80. The Bertz CT molecular complexity index is 583. The van der Waals surface area contributed by atoms with Gasteiger partial charge in [-0.3, -0.25) is 4.99 Å². The first kappa shape index (κ1) is 11.4. The van der Waals surface area contributed by atoms with Gasteiger partial charge in [0.2, 0.25) is 0 Å². The summed E-state index contributed by atoms with van der Waals surface area (Å²) in [6, 6.07) is 16.8. The maximum absolute atomic E-state index is 8.79. The van der Waals surface area contributed by atoms with Gasteiger partial charge in [0.1, 0.15) is 0 Å². The van der Waals surface area contributed by atoms with Crippen molar-refractivity contribution >= 4 is 23.5 Å². The largest absolute Gasteiger partial charge is 0.255 e. The van der Waals surface area contributed by atoms with Crippen LogP contribution in [0.15, 0.2) is 53.5 Å². The highest BCUT2D eigenvalue weighted by Crippen LogP contribution is 2.25. The fourth-order valence-electron chi connectivity index (χ4n) is 1.36. The van der Waals surface area contributed by atoms with Crippen LogP contribution in [-0.2, 0) is 0 Å². The van der Waals surface area contributed by atoms with Gasteiger partial charge < -0.3 is 0 Å². The maximum Gasteiger partial charge on any atom is 0.0992 e. The van der Waals surface area contributed by atoms with Gasteiger partial charge in [0.25, 0.3) is 0 Å². The number of aliphatic imine (C=N–C) groups is 1. The zero-order valence-corrected chi connectivity index (χ0v) is 9.72. The van der Waals surface area contributed by atoms with Crippen LogP contribution in [-0.4, -0.2) is 6.21 Å². The van der Waals surface area contributed by atoms with Gasteiger partial charge in [-0.1, -0.05) is 41.9 Å². The molecule has 0 amide bonds. The molecule has 0 unspecified atom stereocenters. The summed E-state index contributed by atoms with van der Waals surface area (Å²) >= 11 is 6.00. The number of hydrogen-bond donors (Lipinski definition) is 0. The first-order chi connectivity index (χ1) is 8.29. The molecule has 0 N–H and O–H groups in total. The van der Waals surface area contributed by atoms with Crippen LogP contribution >= 0.6 is 11.6 Å². The number of hydrogen-bond acceptors (Lipinski definition) is 2. The van der Waals surface area contributed by atoms with E-state index in [1.165, 1.54) is 0 Å². The van der Waals surface area contributed by atoms with Crippen molar-refractivity contribution in [2.45, 2.75) is 0 Å². The molecule has 0 fully saturated rings. The molecule has 0 aliphatic carbocycles. The quantitative estimate of drug-likeness (QED) is 0.732. The van der Waals surface area contributed by atoms with Gasteiger partial charge in [-0.2, -0.15) is 5.26 Å². The minimum atomic E-state index is 0.538. The van der Waals surface area contributed by atoms with Crippen molar-refractivity contribution in [1.29, 1.82) is 5.26 Å². The number of benzene rings is 2. The standard InChI is InChI=1S/C14H9ClN2/c15-13-7-6-12(9-16)8-14(13)17-10-11-4-2-1-3-5-11/h1-8,10H. The predicted octanol–water partition coefficient (Wildman–Crippen LogP) is 3.96. The highest BCUT2D eigenvalue weighted by atomic mass is 35.5. The van der Waals surface area contributed by atoms with Crippen molar-refractivity contribution in [1.82, 2.24) is 0 Å². The molecular formula is C14H9ClN2. The summed E-state index contributed by atoms with van der Waals surface area (Å²) in [5.41, 5.74) is 2.15. The molecule has 0 atom stereocenters. The van der Waals surface area contributed by atoms with Gasteiger partial charge in [0, 0.05) is 6.21 Å². The SMILES string of the molecule is N#Cc1ccc(Cl)c(N=Cc2ccccc2)c1. The maximum atomic E-state index is 8.79. The first-order valence-corrected chi connectivity index (χ1v) is 5.46. The van der Waals surface area contributed by atoms with E-state index in [1.54, 1.807) is 24.4 Å². The molecule has 2 nitrogen and oxygen atoms in total. The summed E-state index contributed by atoms with van der Waals surface area (Å²) in [6.07, 6.45) is 1.72. The second-order valence-electron chi connectivity index (χ2n) is 3.45. The Hall–Kier alpha value is -2.11. The van der Waals surface area contributed by atoms with E-state index in [-0.39, 0.29) is 0 Å². The Labute approximate surface area is 105 Å². The Morgan fingerprint density at radius 1 is 1.12 bits per heavy atom. The summed E-state index contributed by atoms with van der Waals surface area (Å²) < 4.78 is 0. The summed E-state index contributed by atoms with van der Waals surface area (Å²) in [4.78, 5) is 4.28. The molecule has 0 heterocycles. The lowest BCUT2D eigenvalue weighted by molar-refractivity contribution is 1.46. The Kier molecular flexibility index (Phi) is 3.54. The number of rotatable bonds is 2. The first-order valence-electron chi connectivity index (χ1n) is 5.08. The number of halogens is 1. The second kappa shape index (κ2) is 5.29. The van der Waals surface area contributed by atoms with Crippen molar-refractivity contribution in [3.63, 3.8) is 0 Å². The van der Waals surface area contributed by atoms with Crippen LogP contribution in [0.4, 0.5) is 5.69 Å². The second-order valence-corrected chi connectivity index (χ2v) is 3.85. The molecule has 0 aliphatic heterocycles. The molecule has 0 saturated carbocycles. The normalized spacial score (nSPS) is 10.4. The van der Waals surface area contributed by atoms with E-state index in [0.29, 0.717) is 16.3 Å². The average molecular weight is 241 g/mol. The van der Waals surface area contributed by atoms with Crippen LogP contribution in [0.25, 0.3) is 0 Å². The van der Waals surface area contributed by atoms with Gasteiger partial charge >= 0.3 is 0 Å². The topological polar surface area (TPSA) is 36.1 Å². The van der Waals surface area contributed by atoms with Gasteiger partial charge in [-0.25, -0.2) is 0 Å². The van der Waals surface area contributed by atoms with Crippen LogP contribution < -0.4 is 0 Å². The van der Waals surface area contributed by atoms with Gasteiger partial charge in [-0.05, 0) is 23.8 Å². The van der Waals surface area contributed by atoms with E-state index >= 15 is 0 Å². The van der Waals surface area contributed by atoms with E-state index in [0.717, 1.165) is 5.56 Å². The number of nitrogens with zero attached hydrogens (tertiary/aromatic N) is 2. The predicted molar refractivity (Wildman–Crippen MR) is 69.9 cm³/mol. The van der Waals surface area contributed by atoms with E-state index in [9.17, 15) is 0 Å². The average Bonchev–Trinajstić information content (AvgIpc) is 2.39. The van der Waals surface area contributed by atoms with Crippen molar-refractivity contribution < 1.29 is 0 Å². The molecule has 3 heteroatoms. The van der Waals surface area contributed by atoms with Gasteiger partial charge in [-0.15, -0.1) is 0 Å². The van der Waals surface area contributed by atoms with Crippen LogP contribution in [0.3, 0.4) is 0 Å². The highest BCUT2D eigenvalue weighted by Gasteiger charge is 1.99. The zero-order chi connectivity index (χ0) is 12.1. The summed E-state index contributed by atoms with van der Waals surface area (Å²) in [5.74, 6) is 0. The van der Waals surface area contributed by atoms with E-state index in [4.69, 9.17) is 16.9 Å². The van der Waals surface area contributed by atoms with E-state index < -0.39 is 0 Å². The van der Waals surface area contributed by atoms with Gasteiger partial charge in [0.15, 0.2) is 0 Å². The van der Waals surface area contributed by atoms with Gasteiger partial charge in [0.05, 0.1) is 22.3 Å². The lowest BCUT2D eigenvalue weighted by atomic mass is 10.2. The fraction of sp³-hybridized carbons (Fsp3) is 0. The summed E-state index contributed by atoms with van der Waals surface area (Å²) in [6.45, 7) is 0. The van der Waals surface area contributed by atoms with E-state index in [1.807, 2.05) is 30.3 Å². The third-order valence-electron chi connectivity index (χ3n) is 2.23. The highest BCUT2D eigenvalue weighted by molar-refractivity contribution is 6.33. The zero-order valence-electron chi connectivity index (χ0n) is 8.97. The van der Waals surface area contributed by atoms with E-state index in [2.05, 4.69) is 11.1 Å².